The van der Waals surface area contributed by atoms with Gasteiger partial charge in [-0.05, 0) is 13.0 Å². The van der Waals surface area contributed by atoms with Crippen molar-refractivity contribution in [1.29, 1.82) is 0 Å². The molecule has 2 aromatic rings. The van der Waals surface area contributed by atoms with E-state index in [0.717, 1.165) is 0 Å². The van der Waals surface area contributed by atoms with Gasteiger partial charge in [0.1, 0.15) is 18.1 Å². The van der Waals surface area contributed by atoms with Crippen molar-refractivity contribution >= 4 is 5.78 Å². The minimum atomic E-state index is -0.119. The Hall–Kier alpha value is -2.15. The molecular formula is C11H12N4O3. The number of rotatable bonds is 5. The van der Waals surface area contributed by atoms with Gasteiger partial charge in [-0.15, -0.1) is 0 Å². The molecule has 94 valence electrons. The standard InChI is InChI=1S/C11H12N4O3/c1-7-12-4-3-9(13-7)11-14-10(18-15-11)5-8(16)6-17-2/h3-4H,5-6H2,1-2H3. The van der Waals surface area contributed by atoms with Crippen LogP contribution in [0.3, 0.4) is 0 Å². The molecule has 0 aliphatic rings. The molecule has 0 aliphatic carbocycles. The quantitative estimate of drug-likeness (QED) is 0.764. The third-order valence-electron chi connectivity index (χ3n) is 2.13. The molecule has 2 aromatic heterocycles. The number of Topliss-reactive ketones (excluding diaryl/α,β-unsaturated/α-hetero) is 1. The number of ether oxygens (including phenoxy) is 1. The number of hydrogen-bond donors (Lipinski definition) is 0. The predicted molar refractivity (Wildman–Crippen MR) is 60.6 cm³/mol. The molecule has 0 amide bonds. The van der Waals surface area contributed by atoms with Gasteiger partial charge in [0.05, 0.1) is 6.42 Å². The summed E-state index contributed by atoms with van der Waals surface area (Å²) in [7, 11) is 1.46. The zero-order chi connectivity index (χ0) is 13.0. The molecule has 0 aliphatic heterocycles. The third kappa shape index (κ3) is 2.95. The summed E-state index contributed by atoms with van der Waals surface area (Å²) in [5, 5.41) is 3.77. The molecule has 18 heavy (non-hydrogen) atoms. The third-order valence-corrected chi connectivity index (χ3v) is 2.13. The number of carbonyl (C=O) groups is 1. The minimum Gasteiger partial charge on any atom is -0.377 e. The highest BCUT2D eigenvalue weighted by Crippen LogP contribution is 2.12. The Morgan fingerprint density at radius 1 is 1.44 bits per heavy atom. The van der Waals surface area contributed by atoms with Gasteiger partial charge in [-0.25, -0.2) is 9.97 Å². The first-order chi connectivity index (χ1) is 8.69. The Morgan fingerprint density at radius 3 is 3.00 bits per heavy atom. The van der Waals surface area contributed by atoms with Gasteiger partial charge < -0.3 is 9.26 Å². The van der Waals surface area contributed by atoms with Gasteiger partial charge >= 0.3 is 0 Å². The number of methoxy groups -OCH3 is 1. The van der Waals surface area contributed by atoms with Crippen LogP contribution in [0.1, 0.15) is 11.7 Å². The molecule has 0 unspecified atom stereocenters. The van der Waals surface area contributed by atoms with Crippen LogP contribution in [0.15, 0.2) is 16.8 Å². The summed E-state index contributed by atoms with van der Waals surface area (Å²) < 4.78 is 9.70. The van der Waals surface area contributed by atoms with E-state index in [-0.39, 0.29) is 24.7 Å². The van der Waals surface area contributed by atoms with Gasteiger partial charge in [0, 0.05) is 13.3 Å². The van der Waals surface area contributed by atoms with Gasteiger partial charge in [0.15, 0.2) is 5.78 Å². The van der Waals surface area contributed by atoms with E-state index >= 15 is 0 Å². The fourth-order valence-corrected chi connectivity index (χ4v) is 1.39. The zero-order valence-electron chi connectivity index (χ0n) is 10.1. The van der Waals surface area contributed by atoms with E-state index in [1.165, 1.54) is 7.11 Å². The maximum Gasteiger partial charge on any atom is 0.234 e. The topological polar surface area (TPSA) is 91.0 Å². The summed E-state index contributed by atoms with van der Waals surface area (Å²) in [6.45, 7) is 1.80. The van der Waals surface area contributed by atoms with Crippen molar-refractivity contribution in [2.24, 2.45) is 0 Å². The highest BCUT2D eigenvalue weighted by Gasteiger charge is 2.13. The molecule has 0 atom stereocenters. The van der Waals surface area contributed by atoms with Crippen LogP contribution in [-0.4, -0.2) is 39.6 Å². The van der Waals surface area contributed by atoms with Gasteiger partial charge in [0.25, 0.3) is 0 Å². The highest BCUT2D eigenvalue weighted by molar-refractivity contribution is 5.81. The van der Waals surface area contributed by atoms with Crippen LogP contribution < -0.4 is 0 Å². The minimum absolute atomic E-state index is 0.0321. The maximum absolute atomic E-state index is 11.3. The van der Waals surface area contributed by atoms with Crippen LogP contribution in [0.5, 0.6) is 0 Å². The van der Waals surface area contributed by atoms with Crippen LogP contribution in [0.25, 0.3) is 11.5 Å². The molecule has 0 aromatic carbocycles. The summed E-state index contributed by atoms with van der Waals surface area (Å²) in [5.74, 6) is 1.10. The average Bonchev–Trinajstić information content (AvgIpc) is 2.78. The zero-order valence-corrected chi connectivity index (χ0v) is 10.1. The fourth-order valence-electron chi connectivity index (χ4n) is 1.39. The van der Waals surface area contributed by atoms with Gasteiger partial charge in [0.2, 0.25) is 11.7 Å². The van der Waals surface area contributed by atoms with E-state index < -0.39 is 0 Å². The smallest absolute Gasteiger partial charge is 0.234 e. The second kappa shape index (κ2) is 5.46. The van der Waals surface area contributed by atoms with Crippen molar-refractivity contribution in [3.05, 3.63) is 24.0 Å². The summed E-state index contributed by atoms with van der Waals surface area (Å²) in [4.78, 5) is 23.6. The second-order valence-corrected chi connectivity index (χ2v) is 3.65. The lowest BCUT2D eigenvalue weighted by Crippen LogP contribution is -2.09. The summed E-state index contributed by atoms with van der Waals surface area (Å²) in [6, 6.07) is 1.68. The first kappa shape index (κ1) is 12.3. The maximum atomic E-state index is 11.3. The lowest BCUT2D eigenvalue weighted by Gasteiger charge is -1.94. The van der Waals surface area contributed by atoms with E-state index in [9.17, 15) is 4.79 Å². The first-order valence-corrected chi connectivity index (χ1v) is 5.32. The van der Waals surface area contributed by atoms with Crippen molar-refractivity contribution in [1.82, 2.24) is 20.1 Å². The van der Waals surface area contributed by atoms with Crippen LogP contribution in [-0.2, 0) is 16.0 Å². The number of carbonyl (C=O) groups excluding carboxylic acids is 1. The average molecular weight is 248 g/mol. The SMILES string of the molecule is COCC(=O)Cc1nc(-c2ccnc(C)n2)no1. The summed E-state index contributed by atoms with van der Waals surface area (Å²) >= 11 is 0. The predicted octanol–water partition coefficient (Wildman–Crippen LogP) is 0.593. The van der Waals surface area contributed by atoms with Crippen LogP contribution in [0.2, 0.25) is 0 Å². The number of nitrogens with zero attached hydrogens (tertiary/aromatic N) is 4. The number of ketones is 1. The summed E-state index contributed by atoms with van der Waals surface area (Å²) in [5.41, 5.74) is 0.566. The lowest BCUT2D eigenvalue weighted by molar-refractivity contribution is -0.122. The normalized spacial score (nSPS) is 10.6. The highest BCUT2D eigenvalue weighted by atomic mass is 16.5. The molecule has 0 bridgehead atoms. The van der Waals surface area contributed by atoms with E-state index in [1.807, 2.05) is 0 Å². The Morgan fingerprint density at radius 2 is 2.28 bits per heavy atom. The van der Waals surface area contributed by atoms with Gasteiger partial charge in [-0.1, -0.05) is 5.16 Å². The van der Waals surface area contributed by atoms with E-state index in [1.54, 1.807) is 19.2 Å². The van der Waals surface area contributed by atoms with Crippen molar-refractivity contribution in [2.75, 3.05) is 13.7 Å². The van der Waals surface area contributed by atoms with Crippen molar-refractivity contribution < 1.29 is 14.1 Å². The Kier molecular flexibility index (Phi) is 3.73. The van der Waals surface area contributed by atoms with Crippen LogP contribution in [0, 0.1) is 6.92 Å². The Bertz CT molecular complexity index is 553. The number of aromatic nitrogens is 4. The first-order valence-electron chi connectivity index (χ1n) is 5.32. The second-order valence-electron chi connectivity index (χ2n) is 3.65. The molecule has 2 heterocycles. The largest absolute Gasteiger partial charge is 0.377 e. The molecule has 7 heteroatoms. The van der Waals surface area contributed by atoms with Crippen molar-refractivity contribution in [3.8, 4) is 11.5 Å². The van der Waals surface area contributed by atoms with E-state index in [0.29, 0.717) is 17.3 Å². The van der Waals surface area contributed by atoms with Crippen LogP contribution >= 0.6 is 0 Å². The monoisotopic (exact) mass is 248 g/mol. The molecule has 0 spiro atoms. The van der Waals surface area contributed by atoms with Gasteiger partial charge in [-0.3, -0.25) is 4.79 Å². The fraction of sp³-hybridized carbons (Fsp3) is 0.364. The molecule has 0 N–H and O–H groups in total. The lowest BCUT2D eigenvalue weighted by atomic mass is 10.3. The van der Waals surface area contributed by atoms with Crippen molar-refractivity contribution in [2.45, 2.75) is 13.3 Å². The van der Waals surface area contributed by atoms with E-state index in [2.05, 4.69) is 20.1 Å². The van der Waals surface area contributed by atoms with Crippen LogP contribution in [0.4, 0.5) is 0 Å². The Balaban J connectivity index is 2.13. The number of hydrogen-bond acceptors (Lipinski definition) is 7. The number of aryl methyl sites for hydroxylation is 1. The van der Waals surface area contributed by atoms with Crippen molar-refractivity contribution in [3.63, 3.8) is 0 Å². The molecular weight excluding hydrogens is 236 g/mol. The molecule has 0 fully saturated rings. The molecule has 2 rings (SSSR count). The Labute approximate surface area is 103 Å². The summed E-state index contributed by atoms with van der Waals surface area (Å²) in [6.07, 6.45) is 1.68. The van der Waals surface area contributed by atoms with Gasteiger partial charge in [-0.2, -0.15) is 4.98 Å². The molecule has 0 saturated carbocycles. The van der Waals surface area contributed by atoms with E-state index in [4.69, 9.17) is 9.26 Å². The molecule has 7 nitrogen and oxygen atoms in total. The molecule has 0 saturated heterocycles. The molecule has 0 radical (unpaired) electrons.